The summed E-state index contributed by atoms with van der Waals surface area (Å²) in [5.41, 5.74) is 2.12. The minimum absolute atomic E-state index is 0.105. The second kappa shape index (κ2) is 6.41. The van der Waals surface area contributed by atoms with E-state index >= 15 is 0 Å². The second-order valence-corrected chi connectivity index (χ2v) is 8.94. The van der Waals surface area contributed by atoms with Gasteiger partial charge in [0, 0.05) is 15.9 Å². The van der Waals surface area contributed by atoms with Crippen molar-refractivity contribution in [1.82, 2.24) is 9.55 Å². The van der Waals surface area contributed by atoms with Crippen LogP contribution in [0.3, 0.4) is 0 Å². The third kappa shape index (κ3) is 3.36. The van der Waals surface area contributed by atoms with Crippen LogP contribution < -0.4 is 0 Å². The molecule has 0 aliphatic heterocycles. The standard InChI is InChI=1S/C15H13Br2ClN2S/c1-9(18)15-19-12-4-2-10(16)8-13(12)20(15)7-6-11-3-5-14(17)21-11/h2-5,8-9H,6-7H2,1H3. The van der Waals surface area contributed by atoms with Crippen LogP contribution in [0.5, 0.6) is 0 Å². The highest BCUT2D eigenvalue weighted by atomic mass is 79.9. The quantitative estimate of drug-likeness (QED) is 0.437. The van der Waals surface area contributed by atoms with Crippen LogP contribution in [0.1, 0.15) is 23.0 Å². The maximum atomic E-state index is 6.31. The van der Waals surface area contributed by atoms with Crippen molar-refractivity contribution in [3.63, 3.8) is 0 Å². The molecule has 3 rings (SSSR count). The fourth-order valence-corrected chi connectivity index (χ4v) is 4.35. The Kier molecular flexibility index (Phi) is 4.74. The van der Waals surface area contributed by atoms with Gasteiger partial charge in [-0.15, -0.1) is 22.9 Å². The lowest BCUT2D eigenvalue weighted by Gasteiger charge is -2.10. The zero-order valence-corrected chi connectivity index (χ0v) is 16.1. The zero-order valence-electron chi connectivity index (χ0n) is 11.3. The lowest BCUT2D eigenvalue weighted by atomic mass is 10.3. The molecule has 2 heterocycles. The summed E-state index contributed by atoms with van der Waals surface area (Å²) in [5, 5.41) is -0.105. The Hall–Kier alpha value is -0.360. The number of nitrogens with zero attached hydrogens (tertiary/aromatic N) is 2. The molecule has 1 atom stereocenters. The van der Waals surface area contributed by atoms with Gasteiger partial charge < -0.3 is 4.57 Å². The van der Waals surface area contributed by atoms with Crippen molar-refractivity contribution in [1.29, 1.82) is 0 Å². The number of aryl methyl sites for hydroxylation is 2. The molecule has 1 aromatic carbocycles. The number of alkyl halides is 1. The number of benzene rings is 1. The van der Waals surface area contributed by atoms with Gasteiger partial charge in [-0.05, 0) is 59.6 Å². The number of rotatable bonds is 4. The summed E-state index contributed by atoms with van der Waals surface area (Å²) < 4.78 is 4.45. The van der Waals surface area contributed by atoms with Crippen molar-refractivity contribution in [2.45, 2.75) is 25.3 Å². The van der Waals surface area contributed by atoms with Gasteiger partial charge in [0.25, 0.3) is 0 Å². The van der Waals surface area contributed by atoms with Crippen molar-refractivity contribution in [2.75, 3.05) is 0 Å². The predicted octanol–water partition coefficient (Wildman–Crippen LogP) is 6.17. The molecule has 0 N–H and O–H groups in total. The van der Waals surface area contributed by atoms with Crippen molar-refractivity contribution in [2.24, 2.45) is 0 Å². The minimum atomic E-state index is -0.105. The van der Waals surface area contributed by atoms with E-state index in [0.29, 0.717) is 0 Å². The summed E-state index contributed by atoms with van der Waals surface area (Å²) >= 11 is 15.1. The van der Waals surface area contributed by atoms with Gasteiger partial charge in [-0.3, -0.25) is 0 Å². The molecular formula is C15H13Br2ClN2S. The molecule has 110 valence electrons. The van der Waals surface area contributed by atoms with Crippen LogP contribution in [0.4, 0.5) is 0 Å². The van der Waals surface area contributed by atoms with Gasteiger partial charge in [0.05, 0.1) is 20.2 Å². The summed E-state index contributed by atoms with van der Waals surface area (Å²) in [7, 11) is 0. The molecule has 0 saturated carbocycles. The molecule has 0 saturated heterocycles. The first-order valence-corrected chi connectivity index (χ1v) is 9.42. The Bertz CT molecular complexity index is 779. The number of aromatic nitrogens is 2. The van der Waals surface area contributed by atoms with Gasteiger partial charge in [-0.25, -0.2) is 4.98 Å². The molecule has 0 aliphatic rings. The van der Waals surface area contributed by atoms with E-state index in [4.69, 9.17) is 11.6 Å². The Morgan fingerprint density at radius 3 is 2.76 bits per heavy atom. The first-order valence-electron chi connectivity index (χ1n) is 6.58. The molecule has 21 heavy (non-hydrogen) atoms. The maximum Gasteiger partial charge on any atom is 0.127 e. The van der Waals surface area contributed by atoms with Gasteiger partial charge in [-0.2, -0.15) is 0 Å². The summed E-state index contributed by atoms with van der Waals surface area (Å²) in [5.74, 6) is 0.931. The van der Waals surface area contributed by atoms with E-state index in [2.05, 4.69) is 59.6 Å². The topological polar surface area (TPSA) is 17.8 Å². The number of hydrogen-bond donors (Lipinski definition) is 0. The fraction of sp³-hybridized carbons (Fsp3) is 0.267. The van der Waals surface area contributed by atoms with Crippen molar-refractivity contribution in [3.8, 4) is 0 Å². The van der Waals surface area contributed by atoms with Crippen LogP contribution >= 0.6 is 54.8 Å². The van der Waals surface area contributed by atoms with Crippen LogP contribution in [0.25, 0.3) is 11.0 Å². The second-order valence-electron chi connectivity index (χ2n) is 4.83. The third-order valence-electron chi connectivity index (χ3n) is 3.31. The van der Waals surface area contributed by atoms with Crippen LogP contribution in [0, 0.1) is 0 Å². The van der Waals surface area contributed by atoms with E-state index in [-0.39, 0.29) is 5.38 Å². The average Bonchev–Trinajstić information content (AvgIpc) is 3.00. The molecule has 0 amide bonds. The highest BCUT2D eigenvalue weighted by molar-refractivity contribution is 9.11. The molecule has 3 aromatic rings. The molecule has 6 heteroatoms. The largest absolute Gasteiger partial charge is 0.326 e. The number of fused-ring (bicyclic) bond motifs is 1. The van der Waals surface area contributed by atoms with E-state index in [1.807, 2.05) is 19.1 Å². The number of halogens is 3. The van der Waals surface area contributed by atoms with Gasteiger partial charge in [0.2, 0.25) is 0 Å². The van der Waals surface area contributed by atoms with Crippen molar-refractivity contribution >= 4 is 65.8 Å². The maximum absolute atomic E-state index is 6.31. The van der Waals surface area contributed by atoms with Gasteiger partial charge >= 0.3 is 0 Å². The zero-order chi connectivity index (χ0) is 15.0. The molecule has 1 unspecified atom stereocenters. The number of hydrogen-bond acceptors (Lipinski definition) is 2. The fourth-order valence-electron chi connectivity index (χ4n) is 2.36. The average molecular weight is 449 g/mol. The van der Waals surface area contributed by atoms with Gasteiger partial charge in [0.1, 0.15) is 5.82 Å². The van der Waals surface area contributed by atoms with E-state index in [1.165, 1.54) is 8.66 Å². The van der Waals surface area contributed by atoms with Crippen LogP contribution in [0.2, 0.25) is 0 Å². The third-order valence-corrected chi connectivity index (χ3v) is 5.68. The highest BCUT2D eigenvalue weighted by Gasteiger charge is 2.15. The molecular weight excluding hydrogens is 436 g/mol. The monoisotopic (exact) mass is 446 g/mol. The number of thiophene rings is 1. The Morgan fingerprint density at radius 2 is 2.10 bits per heavy atom. The molecule has 2 aromatic heterocycles. The molecule has 2 nitrogen and oxygen atoms in total. The molecule has 0 radical (unpaired) electrons. The summed E-state index contributed by atoms with van der Waals surface area (Å²) in [6, 6.07) is 10.4. The molecule has 0 fully saturated rings. The first-order chi connectivity index (χ1) is 10.0. The van der Waals surface area contributed by atoms with Crippen molar-refractivity contribution in [3.05, 3.63) is 49.3 Å². The smallest absolute Gasteiger partial charge is 0.127 e. The summed E-state index contributed by atoms with van der Waals surface area (Å²) in [6.45, 7) is 2.85. The van der Waals surface area contributed by atoms with Crippen LogP contribution in [-0.4, -0.2) is 9.55 Å². The molecule has 0 spiro atoms. The lowest BCUT2D eigenvalue weighted by Crippen LogP contribution is -2.06. The van der Waals surface area contributed by atoms with Crippen LogP contribution in [0.15, 0.2) is 38.6 Å². The first kappa shape index (κ1) is 15.5. The normalized spacial score (nSPS) is 13.0. The molecule has 0 aliphatic carbocycles. The number of imidazole rings is 1. The predicted molar refractivity (Wildman–Crippen MR) is 97.4 cm³/mol. The molecule has 0 bridgehead atoms. The van der Waals surface area contributed by atoms with E-state index in [0.717, 1.165) is 34.3 Å². The Morgan fingerprint density at radius 1 is 1.29 bits per heavy atom. The summed E-state index contributed by atoms with van der Waals surface area (Å²) in [4.78, 5) is 6.03. The SMILES string of the molecule is CC(Cl)c1nc2ccc(Br)cc2n1CCc1ccc(Br)s1. The summed E-state index contributed by atoms with van der Waals surface area (Å²) in [6.07, 6.45) is 0.977. The van der Waals surface area contributed by atoms with E-state index in [1.54, 1.807) is 11.3 Å². The Labute approximate surface area is 149 Å². The van der Waals surface area contributed by atoms with Gasteiger partial charge in [-0.1, -0.05) is 15.9 Å². The van der Waals surface area contributed by atoms with Gasteiger partial charge in [0.15, 0.2) is 0 Å². The minimum Gasteiger partial charge on any atom is -0.326 e. The lowest BCUT2D eigenvalue weighted by molar-refractivity contribution is 0.672. The van der Waals surface area contributed by atoms with E-state index < -0.39 is 0 Å². The van der Waals surface area contributed by atoms with Crippen LogP contribution in [-0.2, 0) is 13.0 Å². The Balaban J connectivity index is 1.98. The van der Waals surface area contributed by atoms with Crippen molar-refractivity contribution < 1.29 is 0 Å². The highest BCUT2D eigenvalue weighted by Crippen LogP contribution is 2.28. The van der Waals surface area contributed by atoms with E-state index in [9.17, 15) is 0 Å².